The monoisotopic (exact) mass is 421 g/mol. The fourth-order valence-corrected chi connectivity index (χ4v) is 4.60. The van der Waals surface area contributed by atoms with E-state index in [0.717, 1.165) is 48.4 Å². The number of hydrogen-bond donors (Lipinski definition) is 1. The van der Waals surface area contributed by atoms with E-state index >= 15 is 0 Å². The van der Waals surface area contributed by atoms with Crippen molar-refractivity contribution in [1.29, 1.82) is 0 Å². The summed E-state index contributed by atoms with van der Waals surface area (Å²) in [5.74, 6) is 1.32. The normalized spacial score (nSPS) is 18.5. The van der Waals surface area contributed by atoms with Crippen molar-refractivity contribution in [1.82, 2.24) is 25.0 Å². The molecular formula is C24H31N5O2. The van der Waals surface area contributed by atoms with Crippen molar-refractivity contribution in [3.8, 4) is 0 Å². The molecule has 1 atom stereocenters. The van der Waals surface area contributed by atoms with Crippen molar-refractivity contribution in [2.75, 3.05) is 19.6 Å². The zero-order chi connectivity index (χ0) is 21.4. The molecule has 3 aromatic rings. The minimum Gasteiger partial charge on any atom is -0.468 e. The van der Waals surface area contributed by atoms with Crippen molar-refractivity contribution in [3.63, 3.8) is 0 Å². The number of carbonyl (C=O) groups is 1. The average molecular weight is 422 g/mol. The van der Waals surface area contributed by atoms with Gasteiger partial charge in [-0.25, -0.2) is 9.67 Å². The van der Waals surface area contributed by atoms with Gasteiger partial charge in [0.2, 0.25) is 0 Å². The highest BCUT2D eigenvalue weighted by Gasteiger charge is 2.29. The molecular weight excluding hydrogens is 390 g/mol. The van der Waals surface area contributed by atoms with E-state index < -0.39 is 0 Å². The maximum Gasteiger partial charge on any atom is 0.252 e. The predicted octanol–water partition coefficient (Wildman–Crippen LogP) is 4.44. The number of amides is 1. The topological polar surface area (TPSA) is 76.2 Å². The number of fused-ring (bicyclic) bond motifs is 1. The highest BCUT2D eigenvalue weighted by atomic mass is 16.3. The molecule has 0 radical (unpaired) electrons. The number of rotatable bonds is 7. The van der Waals surface area contributed by atoms with Gasteiger partial charge < -0.3 is 9.73 Å². The van der Waals surface area contributed by atoms with Gasteiger partial charge in [-0.15, -0.1) is 0 Å². The predicted molar refractivity (Wildman–Crippen MR) is 119 cm³/mol. The Bertz CT molecular complexity index is 1050. The Kier molecular flexibility index (Phi) is 5.52. The number of carbonyl (C=O) groups excluding carboxylic acids is 1. The quantitative estimate of drug-likeness (QED) is 0.610. The fourth-order valence-electron chi connectivity index (χ4n) is 4.60. The summed E-state index contributed by atoms with van der Waals surface area (Å²) in [7, 11) is 0. The van der Waals surface area contributed by atoms with Crippen LogP contribution in [-0.2, 0) is 0 Å². The number of piperidine rings is 1. The Labute approximate surface area is 182 Å². The summed E-state index contributed by atoms with van der Waals surface area (Å²) in [4.78, 5) is 20.7. The average Bonchev–Trinajstić information content (AvgIpc) is 3.31. The molecule has 4 heterocycles. The number of hydrogen-bond acceptors (Lipinski definition) is 5. The highest BCUT2D eigenvalue weighted by molar-refractivity contribution is 6.05. The molecule has 2 fully saturated rings. The van der Waals surface area contributed by atoms with Gasteiger partial charge >= 0.3 is 0 Å². The van der Waals surface area contributed by atoms with E-state index in [4.69, 9.17) is 9.40 Å². The summed E-state index contributed by atoms with van der Waals surface area (Å²) in [5.41, 5.74) is 2.50. The molecule has 1 saturated heterocycles. The summed E-state index contributed by atoms with van der Waals surface area (Å²) >= 11 is 0. The first kappa shape index (κ1) is 20.2. The van der Waals surface area contributed by atoms with Gasteiger partial charge in [-0.2, -0.15) is 5.10 Å². The molecule has 0 bridgehead atoms. The molecule has 31 heavy (non-hydrogen) atoms. The van der Waals surface area contributed by atoms with Crippen LogP contribution in [0.15, 0.2) is 35.1 Å². The van der Waals surface area contributed by atoms with Crippen LogP contribution in [0.1, 0.15) is 85.8 Å². The third-order valence-corrected chi connectivity index (χ3v) is 6.47. The number of nitrogens with one attached hydrogen (secondary N) is 1. The van der Waals surface area contributed by atoms with Crippen LogP contribution in [0.2, 0.25) is 0 Å². The maximum absolute atomic E-state index is 13.4. The third-order valence-electron chi connectivity index (χ3n) is 6.47. The lowest BCUT2D eigenvalue weighted by molar-refractivity contribution is 0.0915. The largest absolute Gasteiger partial charge is 0.468 e. The van der Waals surface area contributed by atoms with Gasteiger partial charge in [-0.05, 0) is 70.8 Å². The van der Waals surface area contributed by atoms with E-state index in [1.807, 2.05) is 22.9 Å². The van der Waals surface area contributed by atoms with Gasteiger partial charge in [-0.3, -0.25) is 9.69 Å². The van der Waals surface area contributed by atoms with E-state index in [-0.39, 0.29) is 18.0 Å². The first-order valence-electron chi connectivity index (χ1n) is 11.6. The molecule has 2 aliphatic rings. The molecule has 1 saturated carbocycles. The second-order valence-corrected chi connectivity index (χ2v) is 9.13. The summed E-state index contributed by atoms with van der Waals surface area (Å²) in [6.07, 6.45) is 9.43. The van der Waals surface area contributed by atoms with Crippen LogP contribution in [0, 0.1) is 0 Å². The van der Waals surface area contributed by atoms with Gasteiger partial charge in [0.1, 0.15) is 5.76 Å². The number of furan rings is 1. The number of likely N-dealkylation sites (tertiary alicyclic amines) is 1. The molecule has 1 N–H and O–H groups in total. The molecule has 5 rings (SSSR count). The smallest absolute Gasteiger partial charge is 0.252 e. The van der Waals surface area contributed by atoms with Crippen LogP contribution in [0.25, 0.3) is 11.0 Å². The summed E-state index contributed by atoms with van der Waals surface area (Å²) in [6.45, 7) is 6.77. The van der Waals surface area contributed by atoms with Crippen LogP contribution in [0.4, 0.5) is 0 Å². The summed E-state index contributed by atoms with van der Waals surface area (Å²) in [6, 6.07) is 6.15. The molecule has 164 valence electrons. The van der Waals surface area contributed by atoms with Gasteiger partial charge in [0.15, 0.2) is 5.65 Å². The Balaban J connectivity index is 1.41. The molecule has 0 spiro atoms. The van der Waals surface area contributed by atoms with Crippen LogP contribution in [-0.4, -0.2) is 45.2 Å². The zero-order valence-corrected chi connectivity index (χ0v) is 18.4. The second-order valence-electron chi connectivity index (χ2n) is 9.13. The van der Waals surface area contributed by atoms with Gasteiger partial charge in [0.05, 0.1) is 29.5 Å². The molecule has 0 aromatic carbocycles. The van der Waals surface area contributed by atoms with E-state index in [1.54, 1.807) is 12.5 Å². The summed E-state index contributed by atoms with van der Waals surface area (Å²) < 4.78 is 7.64. The van der Waals surface area contributed by atoms with Crippen LogP contribution < -0.4 is 5.32 Å². The van der Waals surface area contributed by atoms with E-state index in [2.05, 4.69) is 29.2 Å². The number of nitrogens with zero attached hydrogens (tertiary/aromatic N) is 4. The van der Waals surface area contributed by atoms with E-state index in [9.17, 15) is 4.79 Å². The standard InChI is InChI=1S/C24H31N5O2/c1-16(2)29-23-19(14-26-29)18(13-20(27-23)17-8-9-17)24(30)25-15-21(22-7-6-12-31-22)28-10-4-3-5-11-28/h6-7,12-14,16-17,21H,3-5,8-11,15H2,1-2H3,(H,25,30)/t21-/m0/s1. The van der Waals surface area contributed by atoms with Crippen LogP contribution in [0.5, 0.6) is 0 Å². The molecule has 1 aliphatic heterocycles. The van der Waals surface area contributed by atoms with E-state index in [0.29, 0.717) is 18.0 Å². The lowest BCUT2D eigenvalue weighted by Gasteiger charge is -2.33. The highest BCUT2D eigenvalue weighted by Crippen LogP contribution is 2.40. The Morgan fingerprint density at radius 1 is 1.26 bits per heavy atom. The van der Waals surface area contributed by atoms with Crippen molar-refractivity contribution in [3.05, 3.63) is 47.7 Å². The van der Waals surface area contributed by atoms with Crippen LogP contribution in [0.3, 0.4) is 0 Å². The SMILES string of the molecule is CC(C)n1ncc2c(C(=O)NC[C@@H](c3ccco3)N3CCCCC3)cc(C3CC3)nc21. The van der Waals surface area contributed by atoms with Gasteiger partial charge in [-0.1, -0.05) is 6.42 Å². The number of pyridine rings is 1. The lowest BCUT2D eigenvalue weighted by atomic mass is 10.1. The zero-order valence-electron chi connectivity index (χ0n) is 18.4. The second kappa shape index (κ2) is 8.46. The van der Waals surface area contributed by atoms with Crippen molar-refractivity contribution >= 4 is 16.9 Å². The summed E-state index contributed by atoms with van der Waals surface area (Å²) in [5, 5.41) is 8.54. The van der Waals surface area contributed by atoms with Gasteiger partial charge in [0, 0.05) is 24.2 Å². The first-order valence-corrected chi connectivity index (χ1v) is 11.6. The van der Waals surface area contributed by atoms with Crippen LogP contribution >= 0.6 is 0 Å². The first-order chi connectivity index (χ1) is 15.1. The number of aromatic nitrogens is 3. The Morgan fingerprint density at radius 3 is 2.74 bits per heavy atom. The third kappa shape index (κ3) is 4.11. The molecule has 1 amide bonds. The minimum absolute atomic E-state index is 0.0536. The van der Waals surface area contributed by atoms with E-state index in [1.165, 1.54) is 19.3 Å². The van der Waals surface area contributed by atoms with Crippen molar-refractivity contribution in [2.45, 2.75) is 64.0 Å². The fraction of sp³-hybridized carbons (Fsp3) is 0.542. The molecule has 7 nitrogen and oxygen atoms in total. The Morgan fingerprint density at radius 2 is 2.06 bits per heavy atom. The van der Waals surface area contributed by atoms with Crippen molar-refractivity contribution in [2.24, 2.45) is 0 Å². The lowest BCUT2D eigenvalue weighted by Crippen LogP contribution is -2.40. The van der Waals surface area contributed by atoms with Crippen molar-refractivity contribution < 1.29 is 9.21 Å². The maximum atomic E-state index is 13.4. The van der Waals surface area contributed by atoms with Gasteiger partial charge in [0.25, 0.3) is 5.91 Å². The minimum atomic E-state index is -0.0637. The molecule has 3 aromatic heterocycles. The molecule has 0 unspecified atom stereocenters. The molecule has 7 heteroatoms. The molecule has 1 aliphatic carbocycles. The Hall–Kier alpha value is -2.67.